The molecule has 2 aromatic carbocycles. The van der Waals surface area contributed by atoms with Crippen molar-refractivity contribution in [2.75, 3.05) is 26.2 Å². The molecule has 1 N–H and O–H groups in total. The van der Waals surface area contributed by atoms with E-state index in [1.807, 2.05) is 6.07 Å². The van der Waals surface area contributed by atoms with Gasteiger partial charge in [0.1, 0.15) is 12.7 Å². The van der Waals surface area contributed by atoms with Crippen LogP contribution in [0.15, 0.2) is 54.6 Å². The number of β-amino-alcohol motifs (C(OH)–C–C–N with tert-alkyl or cyclic N) is 1. The van der Waals surface area contributed by atoms with Gasteiger partial charge in [-0.2, -0.15) is 0 Å². The van der Waals surface area contributed by atoms with E-state index < -0.39 is 11.0 Å². The van der Waals surface area contributed by atoms with Gasteiger partial charge in [0.15, 0.2) is 5.75 Å². The van der Waals surface area contributed by atoms with E-state index in [9.17, 15) is 15.2 Å². The second kappa shape index (κ2) is 9.48. The van der Waals surface area contributed by atoms with E-state index in [0.717, 1.165) is 32.4 Å². The Morgan fingerprint density at radius 3 is 2.48 bits per heavy atom. The Bertz CT molecular complexity index is 730. The third-order valence-corrected chi connectivity index (χ3v) is 5.04. The number of likely N-dealkylation sites (tertiary alicyclic amines) is 1. The smallest absolute Gasteiger partial charge is 0.310 e. The molecule has 144 valence electrons. The Balaban J connectivity index is 1.41. The maximum Gasteiger partial charge on any atom is 0.310 e. The molecule has 1 aliphatic heterocycles. The van der Waals surface area contributed by atoms with Gasteiger partial charge in [0.05, 0.1) is 4.92 Å². The number of nitro groups is 1. The van der Waals surface area contributed by atoms with Gasteiger partial charge >= 0.3 is 5.69 Å². The van der Waals surface area contributed by atoms with Crippen molar-refractivity contribution in [1.29, 1.82) is 0 Å². The highest BCUT2D eigenvalue weighted by Crippen LogP contribution is 2.26. The van der Waals surface area contributed by atoms with Gasteiger partial charge in [-0.25, -0.2) is 0 Å². The molecule has 6 heteroatoms. The molecule has 1 heterocycles. The summed E-state index contributed by atoms with van der Waals surface area (Å²) in [5, 5.41) is 21.3. The van der Waals surface area contributed by atoms with Crippen LogP contribution < -0.4 is 4.74 Å². The second-order valence-corrected chi connectivity index (χ2v) is 7.12. The molecule has 0 amide bonds. The minimum Gasteiger partial charge on any atom is -0.484 e. The van der Waals surface area contributed by atoms with Crippen molar-refractivity contribution in [3.63, 3.8) is 0 Å². The SMILES string of the molecule is O=[N+]([O-])c1ccccc1OC[C@H](O)CN1CCC(Cc2ccccc2)CC1. The number of nitro benzene ring substituents is 1. The highest BCUT2D eigenvalue weighted by molar-refractivity contribution is 5.45. The van der Waals surface area contributed by atoms with Crippen LogP contribution in [-0.4, -0.2) is 47.3 Å². The zero-order valence-electron chi connectivity index (χ0n) is 15.4. The molecule has 6 nitrogen and oxygen atoms in total. The van der Waals surface area contributed by atoms with Gasteiger partial charge in [0.25, 0.3) is 0 Å². The minimum atomic E-state index is -0.671. The number of para-hydroxylation sites is 2. The number of benzene rings is 2. The topological polar surface area (TPSA) is 75.8 Å². The maximum absolute atomic E-state index is 11.0. The Labute approximate surface area is 159 Å². The van der Waals surface area contributed by atoms with Gasteiger partial charge in [-0.1, -0.05) is 42.5 Å². The third kappa shape index (κ3) is 5.77. The number of piperidine rings is 1. The first-order chi connectivity index (χ1) is 13.1. The predicted octanol–water partition coefficient (Wildman–Crippen LogP) is 3.29. The van der Waals surface area contributed by atoms with Gasteiger partial charge in [-0.3, -0.25) is 10.1 Å². The van der Waals surface area contributed by atoms with Gasteiger partial charge < -0.3 is 14.7 Å². The normalized spacial score (nSPS) is 16.8. The first-order valence-corrected chi connectivity index (χ1v) is 9.42. The van der Waals surface area contributed by atoms with Gasteiger partial charge in [-0.05, 0) is 49.9 Å². The Morgan fingerprint density at radius 2 is 1.78 bits per heavy atom. The van der Waals surface area contributed by atoms with Crippen LogP contribution in [0.2, 0.25) is 0 Å². The first-order valence-electron chi connectivity index (χ1n) is 9.42. The molecule has 0 aliphatic carbocycles. The lowest BCUT2D eigenvalue weighted by molar-refractivity contribution is -0.385. The van der Waals surface area contributed by atoms with Gasteiger partial charge in [0.2, 0.25) is 0 Å². The van der Waals surface area contributed by atoms with E-state index in [2.05, 4.69) is 29.2 Å². The summed E-state index contributed by atoms with van der Waals surface area (Å²) in [5.74, 6) is 0.882. The molecule has 0 saturated carbocycles. The van der Waals surface area contributed by atoms with Crippen molar-refractivity contribution in [3.05, 3.63) is 70.3 Å². The second-order valence-electron chi connectivity index (χ2n) is 7.12. The summed E-state index contributed by atoms with van der Waals surface area (Å²) >= 11 is 0. The Morgan fingerprint density at radius 1 is 1.11 bits per heavy atom. The van der Waals surface area contributed by atoms with E-state index in [1.165, 1.54) is 11.6 Å². The molecule has 0 aromatic heterocycles. The van der Waals surface area contributed by atoms with E-state index >= 15 is 0 Å². The van der Waals surface area contributed by atoms with Crippen molar-refractivity contribution in [3.8, 4) is 5.75 Å². The highest BCUT2D eigenvalue weighted by Gasteiger charge is 2.22. The van der Waals surface area contributed by atoms with Crippen LogP contribution in [0, 0.1) is 16.0 Å². The summed E-state index contributed by atoms with van der Waals surface area (Å²) in [6.45, 7) is 2.49. The lowest BCUT2D eigenvalue weighted by Gasteiger charge is -2.33. The van der Waals surface area contributed by atoms with Crippen molar-refractivity contribution >= 4 is 5.69 Å². The fourth-order valence-electron chi connectivity index (χ4n) is 3.59. The fourth-order valence-corrected chi connectivity index (χ4v) is 3.59. The number of aliphatic hydroxyl groups excluding tert-OH is 1. The summed E-state index contributed by atoms with van der Waals surface area (Å²) in [7, 11) is 0. The number of hydrogen-bond donors (Lipinski definition) is 1. The monoisotopic (exact) mass is 370 g/mol. The standard InChI is InChI=1S/C21H26N2O4/c24-19(16-27-21-9-5-4-8-20(21)23(25)26)15-22-12-10-18(11-13-22)14-17-6-2-1-3-7-17/h1-9,18-19,24H,10-16H2/t19-/m1/s1. The van der Waals surface area contributed by atoms with Gasteiger partial charge in [0, 0.05) is 12.6 Å². The number of rotatable bonds is 8. The van der Waals surface area contributed by atoms with Crippen LogP contribution in [0.25, 0.3) is 0 Å². The molecule has 0 radical (unpaired) electrons. The van der Waals surface area contributed by atoms with Crippen molar-refractivity contribution in [1.82, 2.24) is 4.90 Å². The molecule has 1 atom stereocenters. The average molecular weight is 370 g/mol. The first kappa shape index (κ1) is 19.3. The molecule has 1 saturated heterocycles. The summed E-state index contributed by atoms with van der Waals surface area (Å²) in [5.41, 5.74) is 1.31. The van der Waals surface area contributed by atoms with Gasteiger partial charge in [-0.15, -0.1) is 0 Å². The molecule has 1 fully saturated rings. The molecule has 1 aliphatic rings. The zero-order valence-corrected chi connectivity index (χ0v) is 15.4. The van der Waals surface area contributed by atoms with Crippen molar-refractivity contribution < 1.29 is 14.8 Å². The lowest BCUT2D eigenvalue weighted by atomic mass is 9.90. The minimum absolute atomic E-state index is 0.0504. The number of aliphatic hydroxyl groups is 1. The van der Waals surface area contributed by atoms with Crippen molar-refractivity contribution in [2.45, 2.75) is 25.4 Å². The lowest BCUT2D eigenvalue weighted by Crippen LogP contribution is -2.41. The zero-order chi connectivity index (χ0) is 19.1. The largest absolute Gasteiger partial charge is 0.484 e. The maximum atomic E-state index is 11.0. The number of ether oxygens (including phenoxy) is 1. The Hall–Kier alpha value is -2.44. The van der Waals surface area contributed by atoms with Crippen LogP contribution in [0.1, 0.15) is 18.4 Å². The third-order valence-electron chi connectivity index (χ3n) is 5.04. The molecule has 2 aromatic rings. The average Bonchev–Trinajstić information content (AvgIpc) is 2.69. The molecular formula is C21H26N2O4. The van der Waals surface area contributed by atoms with Crippen LogP contribution >= 0.6 is 0 Å². The summed E-state index contributed by atoms with van der Waals surface area (Å²) < 4.78 is 5.48. The molecule has 27 heavy (non-hydrogen) atoms. The van der Waals surface area contributed by atoms with E-state index in [0.29, 0.717) is 12.5 Å². The summed E-state index contributed by atoms with van der Waals surface area (Å²) in [6, 6.07) is 16.8. The fraction of sp³-hybridized carbons (Fsp3) is 0.429. The van der Waals surface area contributed by atoms with Crippen molar-refractivity contribution in [2.24, 2.45) is 5.92 Å². The predicted molar refractivity (Wildman–Crippen MR) is 104 cm³/mol. The van der Waals surface area contributed by atoms with Crippen LogP contribution in [0.5, 0.6) is 5.75 Å². The quantitative estimate of drug-likeness (QED) is 0.570. The van der Waals surface area contributed by atoms with Crippen LogP contribution in [-0.2, 0) is 6.42 Å². The molecule has 3 rings (SSSR count). The molecule has 0 bridgehead atoms. The van der Waals surface area contributed by atoms with Crippen LogP contribution in [0.4, 0.5) is 5.69 Å². The number of nitrogens with zero attached hydrogens (tertiary/aromatic N) is 2. The van der Waals surface area contributed by atoms with Crippen LogP contribution in [0.3, 0.4) is 0 Å². The molecule has 0 spiro atoms. The summed E-state index contributed by atoms with van der Waals surface area (Å²) in [4.78, 5) is 12.8. The highest BCUT2D eigenvalue weighted by atomic mass is 16.6. The van der Waals surface area contributed by atoms with E-state index in [1.54, 1.807) is 18.2 Å². The number of hydrogen-bond acceptors (Lipinski definition) is 5. The summed E-state index contributed by atoms with van der Waals surface area (Å²) in [6.07, 6.45) is 2.67. The molecule has 0 unspecified atom stereocenters. The molecular weight excluding hydrogens is 344 g/mol. The van der Waals surface area contributed by atoms with E-state index in [-0.39, 0.29) is 18.0 Å². The Kier molecular flexibility index (Phi) is 6.79. The van der Waals surface area contributed by atoms with E-state index in [4.69, 9.17) is 4.74 Å².